The fourth-order valence-electron chi connectivity index (χ4n) is 10.9. The van der Waals surface area contributed by atoms with E-state index in [0.717, 1.165) is 89.9 Å². The highest BCUT2D eigenvalue weighted by Crippen LogP contribution is 2.19. The van der Waals surface area contributed by atoms with E-state index in [9.17, 15) is 14.4 Å². The van der Waals surface area contributed by atoms with Gasteiger partial charge in [-0.25, -0.2) is 0 Å². The summed E-state index contributed by atoms with van der Waals surface area (Å²) in [4.78, 5) is 38.3. The maximum atomic E-state index is 12.9. The molecule has 0 aliphatic heterocycles. The monoisotopic (exact) mass is 1150 g/mol. The second kappa shape index (κ2) is 70.6. The van der Waals surface area contributed by atoms with Gasteiger partial charge in [-0.1, -0.05) is 364 Å². The first-order chi connectivity index (χ1) is 40.5. The van der Waals surface area contributed by atoms with E-state index in [4.69, 9.17) is 14.2 Å². The lowest BCUT2D eigenvalue weighted by atomic mass is 10.0. The van der Waals surface area contributed by atoms with Crippen LogP contribution < -0.4 is 0 Å². The number of hydrogen-bond donors (Lipinski definition) is 0. The van der Waals surface area contributed by atoms with Crippen molar-refractivity contribution in [3.63, 3.8) is 0 Å². The third kappa shape index (κ3) is 67.9. The molecule has 6 nitrogen and oxygen atoms in total. The molecule has 0 amide bonds. The Morgan fingerprint density at radius 3 is 0.744 bits per heavy atom. The van der Waals surface area contributed by atoms with Gasteiger partial charge in [-0.05, 0) is 64.2 Å². The zero-order chi connectivity index (χ0) is 59.2. The Morgan fingerprint density at radius 2 is 0.476 bits per heavy atom. The number of carbonyl (C=O) groups is 3. The van der Waals surface area contributed by atoms with E-state index in [1.165, 1.54) is 257 Å². The summed E-state index contributed by atoms with van der Waals surface area (Å²) in [6.45, 7) is 6.58. The van der Waals surface area contributed by atoms with Crippen LogP contribution in [0.5, 0.6) is 0 Å². The Kier molecular flexibility index (Phi) is 68.1. The molecule has 0 fully saturated rings. The molecule has 0 bridgehead atoms. The number of hydrogen-bond acceptors (Lipinski definition) is 6. The van der Waals surface area contributed by atoms with Crippen molar-refractivity contribution in [2.75, 3.05) is 13.2 Å². The van der Waals surface area contributed by atoms with Crippen LogP contribution in [0.3, 0.4) is 0 Å². The number of carbonyl (C=O) groups excluding carboxylic acids is 3. The molecule has 0 N–H and O–H groups in total. The lowest BCUT2D eigenvalue weighted by Crippen LogP contribution is -2.30. The molecule has 82 heavy (non-hydrogen) atoms. The molecule has 0 aromatic rings. The van der Waals surface area contributed by atoms with Gasteiger partial charge in [0.2, 0.25) is 0 Å². The summed E-state index contributed by atoms with van der Waals surface area (Å²) in [7, 11) is 0. The largest absolute Gasteiger partial charge is 0.462 e. The van der Waals surface area contributed by atoms with E-state index in [0.29, 0.717) is 19.3 Å². The van der Waals surface area contributed by atoms with Gasteiger partial charge in [-0.2, -0.15) is 0 Å². The minimum Gasteiger partial charge on any atom is -0.462 e. The summed E-state index contributed by atoms with van der Waals surface area (Å²) < 4.78 is 17.0. The van der Waals surface area contributed by atoms with Crippen molar-refractivity contribution in [3.8, 4) is 0 Å². The SMILES string of the molecule is CC/C=C\C/C=C\C/C=C\C/C=C\C/C=C\CCCCCCCCCCCCCCCCCCCCCC(=O)OCC(COC(=O)CCCCCCCCCCCC)OC(=O)CCCCCCCCCCCCCCCCCCCCC. The van der Waals surface area contributed by atoms with E-state index in [-0.39, 0.29) is 31.1 Å². The molecule has 0 radical (unpaired) electrons. The molecule has 1 atom stereocenters. The van der Waals surface area contributed by atoms with Crippen LogP contribution in [-0.4, -0.2) is 37.2 Å². The Hall–Kier alpha value is -2.89. The number of rotatable bonds is 67. The molecule has 0 aliphatic rings. The minimum atomic E-state index is -0.768. The minimum absolute atomic E-state index is 0.0657. The number of ether oxygens (including phenoxy) is 3. The van der Waals surface area contributed by atoms with E-state index in [1.807, 2.05) is 0 Å². The van der Waals surface area contributed by atoms with Gasteiger partial charge in [0.15, 0.2) is 6.10 Å². The van der Waals surface area contributed by atoms with Crippen molar-refractivity contribution in [2.24, 2.45) is 0 Å². The van der Waals surface area contributed by atoms with Crippen LogP contribution in [0.1, 0.15) is 387 Å². The van der Waals surface area contributed by atoms with Crippen LogP contribution in [0, 0.1) is 0 Å². The summed E-state index contributed by atoms with van der Waals surface area (Å²) in [5.74, 6) is -0.838. The first-order valence-electron chi connectivity index (χ1n) is 36.3. The van der Waals surface area contributed by atoms with Crippen LogP contribution in [0.4, 0.5) is 0 Å². The Labute approximate surface area is 510 Å². The molecule has 1 unspecified atom stereocenters. The normalized spacial score (nSPS) is 12.4. The van der Waals surface area contributed by atoms with Gasteiger partial charge in [0.25, 0.3) is 0 Å². The zero-order valence-electron chi connectivity index (χ0n) is 55.0. The van der Waals surface area contributed by atoms with Crippen LogP contribution in [0.2, 0.25) is 0 Å². The maximum Gasteiger partial charge on any atom is 0.306 e. The lowest BCUT2D eigenvalue weighted by Gasteiger charge is -2.18. The number of esters is 3. The quantitative estimate of drug-likeness (QED) is 0.0261. The molecule has 0 aromatic carbocycles. The molecule has 0 saturated carbocycles. The molecule has 0 heterocycles. The Balaban J connectivity index is 4.05. The third-order valence-electron chi connectivity index (χ3n) is 16.3. The highest BCUT2D eigenvalue weighted by Gasteiger charge is 2.19. The van der Waals surface area contributed by atoms with Gasteiger partial charge < -0.3 is 14.2 Å². The second-order valence-electron chi connectivity index (χ2n) is 24.5. The maximum absolute atomic E-state index is 12.9. The average Bonchev–Trinajstić information content (AvgIpc) is 3.48. The topological polar surface area (TPSA) is 78.9 Å². The third-order valence-corrected chi connectivity index (χ3v) is 16.3. The van der Waals surface area contributed by atoms with E-state index < -0.39 is 6.10 Å². The summed E-state index contributed by atoms with van der Waals surface area (Å²) in [6.07, 6.45) is 91.3. The van der Waals surface area contributed by atoms with Crippen molar-refractivity contribution in [1.29, 1.82) is 0 Å². The number of unbranched alkanes of at least 4 members (excludes halogenated alkanes) is 46. The molecule has 0 aromatic heterocycles. The molecule has 0 rings (SSSR count). The summed E-state index contributed by atoms with van der Waals surface area (Å²) in [6, 6.07) is 0. The van der Waals surface area contributed by atoms with Crippen molar-refractivity contribution in [3.05, 3.63) is 60.8 Å². The fourth-order valence-corrected chi connectivity index (χ4v) is 10.9. The Bertz CT molecular complexity index is 1460. The second-order valence-corrected chi connectivity index (χ2v) is 24.5. The van der Waals surface area contributed by atoms with Crippen LogP contribution in [-0.2, 0) is 28.6 Å². The molecule has 0 saturated heterocycles. The first-order valence-corrected chi connectivity index (χ1v) is 36.3. The van der Waals surface area contributed by atoms with Gasteiger partial charge in [-0.3, -0.25) is 14.4 Å². The predicted molar refractivity (Wildman–Crippen MR) is 358 cm³/mol. The predicted octanol–water partition coefficient (Wildman–Crippen LogP) is 25.1. The molecule has 6 heteroatoms. The number of allylic oxidation sites excluding steroid dienone is 10. The van der Waals surface area contributed by atoms with Crippen molar-refractivity contribution in [2.45, 2.75) is 393 Å². The van der Waals surface area contributed by atoms with Crippen molar-refractivity contribution < 1.29 is 28.6 Å². The molecule has 0 aliphatic carbocycles. The fraction of sp³-hybridized carbons (Fsp3) is 0.829. The van der Waals surface area contributed by atoms with Crippen molar-refractivity contribution in [1.82, 2.24) is 0 Å². The van der Waals surface area contributed by atoms with Crippen molar-refractivity contribution >= 4 is 17.9 Å². The summed E-state index contributed by atoms with van der Waals surface area (Å²) >= 11 is 0. The molecule has 0 spiro atoms. The molecular weight excluding hydrogens is 1010 g/mol. The summed E-state index contributed by atoms with van der Waals surface area (Å²) in [5, 5.41) is 0. The van der Waals surface area contributed by atoms with Gasteiger partial charge in [0.1, 0.15) is 13.2 Å². The zero-order valence-corrected chi connectivity index (χ0v) is 55.0. The van der Waals surface area contributed by atoms with Gasteiger partial charge in [0.05, 0.1) is 0 Å². The standard InChI is InChI=1S/C76H138O6/c1-4-7-10-13-16-19-22-24-26-28-30-31-32-33-34-35-36-37-38-39-40-41-42-43-44-45-47-48-50-52-54-57-60-63-66-69-75(78)81-72-73(71-80-74(77)68-65-62-59-56-21-18-15-12-9-6-3)82-76(79)70-67-64-61-58-55-53-51-49-46-29-27-25-23-20-17-14-11-8-5-2/h7,10,16,19,24,26,30-31,33-34,73H,4-6,8-9,11-15,17-18,20-23,25,27-29,32,35-72H2,1-3H3/b10-7-,19-16-,26-24-,31-30-,34-33-. The van der Waals surface area contributed by atoms with E-state index >= 15 is 0 Å². The Morgan fingerprint density at radius 1 is 0.256 bits per heavy atom. The first kappa shape index (κ1) is 79.1. The van der Waals surface area contributed by atoms with E-state index in [2.05, 4.69) is 81.5 Å². The van der Waals surface area contributed by atoms with Crippen LogP contribution in [0.15, 0.2) is 60.8 Å². The highest BCUT2D eigenvalue weighted by atomic mass is 16.6. The average molecular weight is 1150 g/mol. The smallest absolute Gasteiger partial charge is 0.306 e. The molecule has 478 valence electrons. The molecular formula is C76H138O6. The van der Waals surface area contributed by atoms with Crippen LogP contribution >= 0.6 is 0 Å². The lowest BCUT2D eigenvalue weighted by molar-refractivity contribution is -0.167. The van der Waals surface area contributed by atoms with Gasteiger partial charge >= 0.3 is 17.9 Å². The summed E-state index contributed by atoms with van der Waals surface area (Å²) in [5.41, 5.74) is 0. The highest BCUT2D eigenvalue weighted by molar-refractivity contribution is 5.71. The van der Waals surface area contributed by atoms with Gasteiger partial charge in [0, 0.05) is 19.3 Å². The van der Waals surface area contributed by atoms with Gasteiger partial charge in [-0.15, -0.1) is 0 Å². The van der Waals surface area contributed by atoms with Crippen LogP contribution in [0.25, 0.3) is 0 Å². The van der Waals surface area contributed by atoms with E-state index in [1.54, 1.807) is 0 Å².